The lowest BCUT2D eigenvalue weighted by Gasteiger charge is -2.34. The van der Waals surface area contributed by atoms with E-state index in [1.54, 1.807) is 19.2 Å². The number of ether oxygens (including phenoxy) is 3. The Kier molecular flexibility index (Phi) is 10.6. The molecule has 12 heteroatoms. The van der Waals surface area contributed by atoms with Crippen molar-refractivity contribution < 1.29 is 32.6 Å². The molecule has 0 aliphatic carbocycles. The maximum atomic E-state index is 13.6. The SMILES string of the molecule is CCCOc1ccc(CN2CCN(C(=O)c3cc4ccc(Oc5ccc(N(C)C(=O)c6ccc(OC(F)F)cc6)cn5)cc4n3C)CC2)cc1. The van der Waals surface area contributed by atoms with Crippen molar-refractivity contribution in [3.63, 3.8) is 0 Å². The van der Waals surface area contributed by atoms with Crippen LogP contribution < -0.4 is 19.1 Å². The van der Waals surface area contributed by atoms with Gasteiger partial charge in [0.2, 0.25) is 5.88 Å². The van der Waals surface area contributed by atoms with E-state index in [1.807, 2.05) is 52.9 Å². The molecular weight excluding hydrogens is 644 g/mol. The number of hydrogen-bond donors (Lipinski definition) is 0. The molecule has 3 aromatic carbocycles. The summed E-state index contributed by atoms with van der Waals surface area (Å²) in [5, 5.41) is 0.922. The van der Waals surface area contributed by atoms with Crippen molar-refractivity contribution in [1.82, 2.24) is 19.4 Å². The van der Waals surface area contributed by atoms with Crippen molar-refractivity contribution in [2.45, 2.75) is 26.5 Å². The maximum Gasteiger partial charge on any atom is 0.387 e. The molecule has 1 aliphatic rings. The Morgan fingerprint density at radius 2 is 1.58 bits per heavy atom. The van der Waals surface area contributed by atoms with E-state index in [9.17, 15) is 18.4 Å². The van der Waals surface area contributed by atoms with Crippen molar-refractivity contribution in [3.8, 4) is 23.1 Å². The highest BCUT2D eigenvalue weighted by Crippen LogP contribution is 2.29. The quantitative estimate of drug-likeness (QED) is 0.140. The van der Waals surface area contributed by atoms with Gasteiger partial charge in [-0.25, -0.2) is 4.98 Å². The molecule has 2 aromatic heterocycles. The number of pyridine rings is 1. The van der Waals surface area contributed by atoms with Gasteiger partial charge >= 0.3 is 6.61 Å². The van der Waals surface area contributed by atoms with Crippen molar-refractivity contribution in [1.29, 1.82) is 0 Å². The zero-order valence-corrected chi connectivity index (χ0v) is 28.2. The van der Waals surface area contributed by atoms with Gasteiger partial charge in [-0.3, -0.25) is 14.5 Å². The van der Waals surface area contributed by atoms with Crippen LogP contribution in [0.2, 0.25) is 0 Å². The number of anilines is 1. The summed E-state index contributed by atoms with van der Waals surface area (Å²) >= 11 is 0. The summed E-state index contributed by atoms with van der Waals surface area (Å²) < 4.78 is 42.8. The standard InChI is InChI=1S/C38H39F2N5O5/c1-4-21-48-30-11-5-26(6-12-30)25-44-17-19-45(20-18-44)37(47)34-22-28-9-15-32(23-33(28)43(34)3)49-35-16-10-29(24-41-35)42(2)36(46)27-7-13-31(14-8-27)50-38(39)40/h5-16,22-24,38H,4,17-21,25H2,1-3H3. The summed E-state index contributed by atoms with van der Waals surface area (Å²) in [4.78, 5) is 36.6. The van der Waals surface area contributed by atoms with Gasteiger partial charge in [0, 0.05) is 69.9 Å². The molecule has 0 saturated carbocycles. The summed E-state index contributed by atoms with van der Waals surface area (Å²) in [7, 11) is 3.47. The van der Waals surface area contributed by atoms with E-state index >= 15 is 0 Å². The van der Waals surface area contributed by atoms with Crippen LogP contribution in [-0.4, -0.2) is 77.6 Å². The van der Waals surface area contributed by atoms with Gasteiger partial charge in [0.15, 0.2) is 0 Å². The van der Waals surface area contributed by atoms with Crippen LogP contribution in [0.3, 0.4) is 0 Å². The summed E-state index contributed by atoms with van der Waals surface area (Å²) in [6.07, 6.45) is 2.49. The van der Waals surface area contributed by atoms with E-state index in [4.69, 9.17) is 9.47 Å². The Morgan fingerprint density at radius 1 is 0.880 bits per heavy atom. The Hall–Kier alpha value is -5.49. The van der Waals surface area contributed by atoms with Gasteiger partial charge in [-0.05, 0) is 72.6 Å². The number of nitrogens with zero attached hydrogens (tertiary/aromatic N) is 5. The second-order valence-electron chi connectivity index (χ2n) is 12.1. The Bertz CT molecular complexity index is 1920. The number of alkyl halides is 2. The van der Waals surface area contributed by atoms with Gasteiger partial charge in [0.05, 0.1) is 24.0 Å². The van der Waals surface area contributed by atoms with E-state index < -0.39 is 6.61 Å². The number of amides is 2. The van der Waals surface area contributed by atoms with Crippen LogP contribution in [0, 0.1) is 0 Å². The Balaban J connectivity index is 1.04. The van der Waals surface area contributed by atoms with Gasteiger partial charge < -0.3 is 28.6 Å². The fourth-order valence-electron chi connectivity index (χ4n) is 5.86. The number of carbonyl (C=O) groups excluding carboxylic acids is 2. The molecule has 0 radical (unpaired) electrons. The van der Waals surface area contributed by atoms with Crippen LogP contribution in [-0.2, 0) is 13.6 Å². The molecule has 1 fully saturated rings. The number of piperazine rings is 1. The van der Waals surface area contributed by atoms with E-state index in [0.29, 0.717) is 48.3 Å². The number of rotatable bonds is 12. The number of benzene rings is 3. The maximum absolute atomic E-state index is 13.6. The van der Waals surface area contributed by atoms with Crippen LogP contribution in [0.25, 0.3) is 10.9 Å². The first-order chi connectivity index (χ1) is 24.2. The van der Waals surface area contributed by atoms with E-state index in [-0.39, 0.29) is 17.6 Å². The first-order valence-corrected chi connectivity index (χ1v) is 16.5. The van der Waals surface area contributed by atoms with E-state index in [1.165, 1.54) is 40.9 Å². The molecule has 6 rings (SSSR count). The lowest BCUT2D eigenvalue weighted by molar-refractivity contribution is -0.0498. The normalized spacial score (nSPS) is 13.4. The number of aromatic nitrogens is 2. The lowest BCUT2D eigenvalue weighted by Crippen LogP contribution is -2.48. The first kappa shape index (κ1) is 34.4. The fraction of sp³-hybridized carbons (Fsp3) is 0.289. The predicted molar refractivity (Wildman–Crippen MR) is 186 cm³/mol. The molecule has 0 atom stereocenters. The molecule has 1 saturated heterocycles. The molecule has 10 nitrogen and oxygen atoms in total. The van der Waals surface area contributed by atoms with Crippen molar-refractivity contribution in [2.75, 3.05) is 44.7 Å². The number of halogens is 2. The molecule has 50 heavy (non-hydrogen) atoms. The summed E-state index contributed by atoms with van der Waals surface area (Å²) in [5.41, 5.74) is 3.51. The van der Waals surface area contributed by atoms with Crippen LogP contribution in [0.1, 0.15) is 39.8 Å². The molecule has 2 amide bonds. The van der Waals surface area contributed by atoms with Crippen molar-refractivity contribution in [3.05, 3.63) is 108 Å². The third-order valence-electron chi connectivity index (χ3n) is 8.66. The van der Waals surface area contributed by atoms with Gasteiger partial charge in [0.1, 0.15) is 22.9 Å². The third kappa shape index (κ3) is 8.03. The van der Waals surface area contributed by atoms with E-state index in [2.05, 4.69) is 33.7 Å². The summed E-state index contributed by atoms with van der Waals surface area (Å²) in [6.45, 7) is 3.58. The van der Waals surface area contributed by atoms with Crippen LogP contribution in [0.15, 0.2) is 91.1 Å². The average Bonchev–Trinajstić information content (AvgIpc) is 3.46. The van der Waals surface area contributed by atoms with E-state index in [0.717, 1.165) is 42.7 Å². The zero-order valence-electron chi connectivity index (χ0n) is 28.2. The monoisotopic (exact) mass is 683 g/mol. The number of carbonyl (C=O) groups is 2. The molecule has 1 aliphatic heterocycles. The summed E-state index contributed by atoms with van der Waals surface area (Å²) in [5.74, 6) is 1.39. The molecular formula is C38H39F2N5O5. The molecule has 260 valence electrons. The second kappa shape index (κ2) is 15.4. The number of aryl methyl sites for hydroxylation is 1. The van der Waals surface area contributed by atoms with Gasteiger partial charge in [0.25, 0.3) is 11.8 Å². The molecule has 0 unspecified atom stereocenters. The van der Waals surface area contributed by atoms with Crippen LogP contribution >= 0.6 is 0 Å². The van der Waals surface area contributed by atoms with Gasteiger partial charge in [-0.1, -0.05) is 19.1 Å². The van der Waals surface area contributed by atoms with Crippen molar-refractivity contribution in [2.24, 2.45) is 7.05 Å². The average molecular weight is 684 g/mol. The minimum Gasteiger partial charge on any atom is -0.494 e. The number of hydrogen-bond acceptors (Lipinski definition) is 7. The minimum absolute atomic E-state index is 0.00315. The highest BCUT2D eigenvalue weighted by atomic mass is 19.3. The topological polar surface area (TPSA) is 89.4 Å². The highest BCUT2D eigenvalue weighted by molar-refractivity contribution is 6.05. The molecule has 5 aromatic rings. The summed E-state index contributed by atoms with van der Waals surface area (Å²) in [6, 6.07) is 24.6. The zero-order chi connectivity index (χ0) is 35.2. The lowest BCUT2D eigenvalue weighted by atomic mass is 10.2. The molecule has 3 heterocycles. The van der Waals surface area contributed by atoms with Crippen LogP contribution in [0.4, 0.5) is 14.5 Å². The smallest absolute Gasteiger partial charge is 0.387 e. The van der Waals surface area contributed by atoms with Crippen LogP contribution in [0.5, 0.6) is 23.1 Å². The highest BCUT2D eigenvalue weighted by Gasteiger charge is 2.25. The van der Waals surface area contributed by atoms with Gasteiger partial charge in [-0.2, -0.15) is 8.78 Å². The Labute approximate surface area is 289 Å². The Morgan fingerprint density at radius 3 is 2.24 bits per heavy atom. The first-order valence-electron chi connectivity index (χ1n) is 16.5. The molecule has 0 spiro atoms. The largest absolute Gasteiger partial charge is 0.494 e. The third-order valence-corrected chi connectivity index (χ3v) is 8.66. The second-order valence-corrected chi connectivity index (χ2v) is 12.1. The number of fused-ring (bicyclic) bond motifs is 1. The van der Waals surface area contributed by atoms with Crippen molar-refractivity contribution >= 4 is 28.4 Å². The predicted octanol–water partition coefficient (Wildman–Crippen LogP) is 6.99. The molecule has 0 bridgehead atoms. The minimum atomic E-state index is -2.94. The van der Waals surface area contributed by atoms with Gasteiger partial charge in [-0.15, -0.1) is 0 Å². The fourth-order valence-corrected chi connectivity index (χ4v) is 5.86. The molecule has 0 N–H and O–H groups in total.